The number of imide groups is 2. The summed E-state index contributed by atoms with van der Waals surface area (Å²) in [4.78, 5) is 57.0. The third kappa shape index (κ3) is 4.09. The van der Waals surface area contributed by atoms with Crippen LogP contribution in [0.4, 0.5) is 4.79 Å². The summed E-state index contributed by atoms with van der Waals surface area (Å²) < 4.78 is 12.8. The van der Waals surface area contributed by atoms with E-state index in [1.165, 1.54) is 21.2 Å². The predicted molar refractivity (Wildman–Crippen MR) is 135 cm³/mol. The molecule has 0 N–H and O–H groups in total. The summed E-state index contributed by atoms with van der Waals surface area (Å²) in [6.07, 6.45) is 1.01. The molecule has 0 unspecified atom stereocenters. The first-order valence-electron chi connectivity index (χ1n) is 12.4. The molecule has 196 valence electrons. The summed E-state index contributed by atoms with van der Waals surface area (Å²) in [6.45, 7) is 2.02. The second-order valence-electron chi connectivity index (χ2n) is 10.3. The molecular formula is C27H32N4O6. The van der Waals surface area contributed by atoms with Crippen molar-refractivity contribution in [2.24, 2.45) is 11.3 Å². The molecule has 2 fully saturated rings. The Bertz CT molecular complexity index is 1300. The highest BCUT2D eigenvalue weighted by molar-refractivity contribution is 6.19. The van der Waals surface area contributed by atoms with E-state index in [1.54, 1.807) is 37.4 Å². The van der Waals surface area contributed by atoms with Crippen molar-refractivity contribution in [3.05, 3.63) is 58.0 Å². The van der Waals surface area contributed by atoms with Crippen LogP contribution < -0.4 is 15.0 Å². The highest BCUT2D eigenvalue weighted by atomic mass is 16.5. The van der Waals surface area contributed by atoms with Gasteiger partial charge in [-0.05, 0) is 42.2 Å². The van der Waals surface area contributed by atoms with E-state index in [9.17, 15) is 19.2 Å². The molecule has 4 heterocycles. The number of pyridine rings is 1. The number of carbonyl (C=O) groups excluding carboxylic acids is 3. The number of carbonyl (C=O) groups is 3. The summed E-state index contributed by atoms with van der Waals surface area (Å²) >= 11 is 0. The lowest BCUT2D eigenvalue weighted by Crippen LogP contribution is -2.67. The van der Waals surface area contributed by atoms with Gasteiger partial charge in [0.25, 0.3) is 5.56 Å². The molecule has 1 aromatic heterocycles. The van der Waals surface area contributed by atoms with Crippen molar-refractivity contribution in [2.75, 3.05) is 47.9 Å². The monoisotopic (exact) mass is 508 g/mol. The Morgan fingerprint density at radius 3 is 2.32 bits per heavy atom. The average molecular weight is 509 g/mol. The molecule has 3 aliphatic rings. The van der Waals surface area contributed by atoms with Gasteiger partial charge in [0.2, 0.25) is 11.8 Å². The summed E-state index contributed by atoms with van der Waals surface area (Å²) in [6, 6.07) is 9.98. The molecule has 4 amide bonds. The quantitative estimate of drug-likeness (QED) is 0.546. The number of nitrogens with zero attached hydrogens (tertiary/aromatic N) is 4. The normalized spacial score (nSPS) is 23.2. The van der Waals surface area contributed by atoms with Gasteiger partial charge in [0.15, 0.2) is 0 Å². The first kappa shape index (κ1) is 25.0. The van der Waals surface area contributed by atoms with E-state index in [-0.39, 0.29) is 30.4 Å². The van der Waals surface area contributed by atoms with Gasteiger partial charge >= 0.3 is 6.03 Å². The third-order valence-electron chi connectivity index (χ3n) is 8.03. The number of amides is 4. The number of likely N-dealkylation sites (tertiary alicyclic amines) is 1. The van der Waals surface area contributed by atoms with Crippen LogP contribution in [0.5, 0.6) is 11.5 Å². The number of rotatable bonds is 6. The van der Waals surface area contributed by atoms with Gasteiger partial charge < -0.3 is 18.9 Å². The number of aromatic nitrogens is 1. The van der Waals surface area contributed by atoms with Crippen LogP contribution in [-0.4, -0.2) is 85.1 Å². The zero-order valence-electron chi connectivity index (χ0n) is 21.6. The van der Waals surface area contributed by atoms with Gasteiger partial charge in [0.1, 0.15) is 16.9 Å². The zero-order chi connectivity index (χ0) is 26.5. The standard InChI is InChI=1S/C27H32N4O6/c1-28-24(33)27(25(34)29(2)26(28)35,12-18-11-20(36-3)8-9-22(18)37-4)16-30-13-17-10-19(15-30)21-6-5-7-23(32)31(21)14-17/h5-9,11,17,19H,10,12-16H2,1-4H3/t17-,19-/m0/s1. The Morgan fingerprint density at radius 1 is 0.919 bits per heavy atom. The Kier molecular flexibility index (Phi) is 6.31. The van der Waals surface area contributed by atoms with E-state index in [0.29, 0.717) is 36.7 Å². The van der Waals surface area contributed by atoms with Crippen molar-refractivity contribution >= 4 is 17.8 Å². The van der Waals surface area contributed by atoms with Crippen molar-refractivity contribution < 1.29 is 23.9 Å². The number of methoxy groups -OCH3 is 2. The van der Waals surface area contributed by atoms with Crippen molar-refractivity contribution in [3.8, 4) is 11.5 Å². The van der Waals surface area contributed by atoms with Crippen molar-refractivity contribution in [1.82, 2.24) is 19.3 Å². The number of fused-ring (bicyclic) bond motifs is 4. The van der Waals surface area contributed by atoms with Crippen molar-refractivity contribution in [2.45, 2.75) is 25.3 Å². The van der Waals surface area contributed by atoms with E-state index >= 15 is 0 Å². The van der Waals surface area contributed by atoms with Gasteiger partial charge in [-0.3, -0.25) is 24.2 Å². The highest BCUT2D eigenvalue weighted by Crippen LogP contribution is 2.40. The van der Waals surface area contributed by atoms with E-state index in [0.717, 1.165) is 21.9 Å². The molecule has 2 saturated heterocycles. The first-order chi connectivity index (χ1) is 17.7. The highest BCUT2D eigenvalue weighted by Gasteiger charge is 2.57. The number of hydrogen-bond donors (Lipinski definition) is 0. The maximum Gasteiger partial charge on any atom is 0.332 e. The average Bonchev–Trinajstić information content (AvgIpc) is 2.90. The van der Waals surface area contributed by atoms with E-state index in [1.807, 2.05) is 10.6 Å². The molecule has 10 nitrogen and oxygen atoms in total. The second-order valence-corrected chi connectivity index (χ2v) is 10.3. The summed E-state index contributed by atoms with van der Waals surface area (Å²) in [7, 11) is 5.92. The predicted octanol–water partition coefficient (Wildman–Crippen LogP) is 1.56. The van der Waals surface area contributed by atoms with Crippen molar-refractivity contribution in [3.63, 3.8) is 0 Å². The molecule has 2 atom stereocenters. The number of benzene rings is 1. The van der Waals surface area contributed by atoms with Crippen LogP contribution in [0.2, 0.25) is 0 Å². The lowest BCUT2D eigenvalue weighted by Gasteiger charge is -2.48. The molecule has 10 heteroatoms. The molecular weight excluding hydrogens is 476 g/mol. The number of piperidine rings is 1. The Labute approximate surface area is 215 Å². The number of urea groups is 1. The number of ether oxygens (including phenoxy) is 2. The molecule has 3 aliphatic heterocycles. The molecule has 37 heavy (non-hydrogen) atoms. The fourth-order valence-electron chi connectivity index (χ4n) is 6.33. The van der Waals surface area contributed by atoms with Crippen LogP contribution in [0.25, 0.3) is 0 Å². The van der Waals surface area contributed by atoms with Gasteiger partial charge in [0.05, 0.1) is 14.2 Å². The maximum atomic E-state index is 13.8. The Hall–Kier alpha value is -3.66. The zero-order valence-corrected chi connectivity index (χ0v) is 21.6. The second kappa shape index (κ2) is 9.33. The SMILES string of the molecule is COc1ccc(OC)c(CC2(CN3C[C@@H]4C[C@@H](C3)c3cccc(=O)n3C4)C(=O)N(C)C(=O)N(C)C2=O)c1. The molecule has 0 saturated carbocycles. The minimum absolute atomic E-state index is 0.00152. The Balaban J connectivity index is 1.54. The van der Waals surface area contributed by atoms with Crippen LogP contribution in [0.3, 0.4) is 0 Å². The number of hydrogen-bond acceptors (Lipinski definition) is 7. The van der Waals surface area contributed by atoms with Crippen LogP contribution in [0.1, 0.15) is 23.6 Å². The van der Waals surface area contributed by atoms with Gasteiger partial charge in [-0.15, -0.1) is 0 Å². The largest absolute Gasteiger partial charge is 0.497 e. The fraction of sp³-hybridized carbons (Fsp3) is 0.481. The van der Waals surface area contributed by atoms with Crippen LogP contribution in [0, 0.1) is 11.3 Å². The third-order valence-corrected chi connectivity index (χ3v) is 8.03. The lowest BCUT2D eigenvalue weighted by atomic mass is 9.75. The van der Waals surface area contributed by atoms with Gasteiger partial charge in [-0.25, -0.2) is 4.79 Å². The minimum Gasteiger partial charge on any atom is -0.497 e. The summed E-state index contributed by atoms with van der Waals surface area (Å²) in [5, 5.41) is 0. The van der Waals surface area contributed by atoms with Gasteiger partial charge in [0, 0.05) is 64.4 Å². The molecule has 2 bridgehead atoms. The van der Waals surface area contributed by atoms with Crippen LogP contribution in [-0.2, 0) is 22.6 Å². The molecule has 5 rings (SSSR count). The topological polar surface area (TPSA) is 101 Å². The molecule has 0 aliphatic carbocycles. The lowest BCUT2D eigenvalue weighted by molar-refractivity contribution is -0.159. The molecule has 0 radical (unpaired) electrons. The molecule has 2 aromatic rings. The first-order valence-corrected chi connectivity index (χ1v) is 12.4. The van der Waals surface area contributed by atoms with Gasteiger partial charge in [-0.1, -0.05) is 6.07 Å². The molecule has 1 aromatic carbocycles. The van der Waals surface area contributed by atoms with Gasteiger partial charge in [-0.2, -0.15) is 0 Å². The van der Waals surface area contributed by atoms with Crippen molar-refractivity contribution in [1.29, 1.82) is 0 Å². The fourth-order valence-corrected chi connectivity index (χ4v) is 6.33. The van der Waals surface area contributed by atoms with E-state index in [2.05, 4.69) is 4.90 Å². The van der Waals surface area contributed by atoms with E-state index in [4.69, 9.17) is 9.47 Å². The Morgan fingerprint density at radius 2 is 1.65 bits per heavy atom. The number of barbiturate groups is 1. The maximum absolute atomic E-state index is 13.8. The minimum atomic E-state index is -1.53. The van der Waals surface area contributed by atoms with E-state index < -0.39 is 23.3 Å². The van der Waals surface area contributed by atoms with Crippen LogP contribution >= 0.6 is 0 Å². The van der Waals surface area contributed by atoms with Crippen LogP contribution in [0.15, 0.2) is 41.2 Å². The summed E-state index contributed by atoms with van der Waals surface area (Å²) in [5.74, 6) is 0.396. The smallest absolute Gasteiger partial charge is 0.332 e. The summed E-state index contributed by atoms with van der Waals surface area (Å²) in [5.41, 5.74) is 0.108. The molecule has 0 spiro atoms.